The summed E-state index contributed by atoms with van der Waals surface area (Å²) in [6, 6.07) is 13.9. The number of hydrogen-bond acceptors (Lipinski definition) is 5. The first-order valence-electron chi connectivity index (χ1n) is 12.6. The van der Waals surface area contributed by atoms with E-state index in [2.05, 4.69) is 47.4 Å². The largest absolute Gasteiger partial charge is 0.508 e. The quantitative estimate of drug-likeness (QED) is 0.526. The number of aryl methyl sites for hydroxylation is 2. The van der Waals surface area contributed by atoms with Gasteiger partial charge in [-0.1, -0.05) is 18.2 Å². The van der Waals surface area contributed by atoms with Crippen molar-refractivity contribution in [3.8, 4) is 11.5 Å². The highest BCUT2D eigenvalue weighted by Gasteiger charge is 2.32. The highest BCUT2D eigenvalue weighted by Crippen LogP contribution is 2.28. The Morgan fingerprint density at radius 3 is 2.71 bits per heavy atom. The van der Waals surface area contributed by atoms with Gasteiger partial charge in [-0.15, -0.1) is 0 Å². The van der Waals surface area contributed by atoms with Gasteiger partial charge in [-0.25, -0.2) is 0 Å². The molecular formula is C28H39N3O3. The number of ether oxygens (including phenoxy) is 1. The van der Waals surface area contributed by atoms with Gasteiger partial charge in [0.1, 0.15) is 11.5 Å². The van der Waals surface area contributed by atoms with E-state index in [1.54, 1.807) is 12.1 Å². The van der Waals surface area contributed by atoms with Crippen molar-refractivity contribution in [1.29, 1.82) is 0 Å². The Morgan fingerprint density at radius 1 is 1.12 bits per heavy atom. The standard InChI is InChI=1S/C28H39N3O3/c1-30(2)14-4-13-29-28(33)25-15-22(18-31(19-25)17-21-7-10-26(32)11-8-21)20-34-27-12-9-23-5-3-6-24(23)16-27/h7-12,16,22,25,32H,3-6,13-15,17-20H2,1-2H3,(H,29,33)/t22-,25+/m0/s1. The van der Waals surface area contributed by atoms with Crippen LogP contribution in [0.4, 0.5) is 0 Å². The second-order valence-corrected chi connectivity index (χ2v) is 10.2. The fraction of sp³-hybridized carbons (Fsp3) is 0.536. The van der Waals surface area contributed by atoms with Crippen LogP contribution in [0.15, 0.2) is 42.5 Å². The lowest BCUT2D eigenvalue weighted by Crippen LogP contribution is -2.47. The van der Waals surface area contributed by atoms with E-state index >= 15 is 0 Å². The third-order valence-corrected chi connectivity index (χ3v) is 6.96. The molecule has 1 saturated heterocycles. The number of amides is 1. The minimum Gasteiger partial charge on any atom is -0.508 e. The van der Waals surface area contributed by atoms with Crippen LogP contribution < -0.4 is 10.1 Å². The maximum atomic E-state index is 13.0. The van der Waals surface area contributed by atoms with Crippen LogP contribution in [0.1, 0.15) is 36.0 Å². The highest BCUT2D eigenvalue weighted by atomic mass is 16.5. The predicted octanol–water partition coefficient (Wildman–Crippen LogP) is 3.47. The molecule has 0 spiro atoms. The van der Waals surface area contributed by atoms with Crippen LogP contribution in [0.25, 0.3) is 0 Å². The third-order valence-electron chi connectivity index (χ3n) is 6.96. The lowest BCUT2D eigenvalue weighted by atomic mass is 9.88. The Bertz CT molecular complexity index is 944. The molecule has 2 aromatic carbocycles. The zero-order valence-corrected chi connectivity index (χ0v) is 20.6. The van der Waals surface area contributed by atoms with Gasteiger partial charge in [0.25, 0.3) is 0 Å². The number of nitrogens with zero attached hydrogens (tertiary/aromatic N) is 2. The van der Waals surface area contributed by atoms with Crippen molar-refractivity contribution >= 4 is 5.91 Å². The molecule has 0 aromatic heterocycles. The van der Waals surface area contributed by atoms with Crippen molar-refractivity contribution in [3.63, 3.8) is 0 Å². The molecule has 2 N–H and O–H groups in total. The summed E-state index contributed by atoms with van der Waals surface area (Å²) < 4.78 is 6.24. The van der Waals surface area contributed by atoms with Crippen LogP contribution in [-0.2, 0) is 24.2 Å². The zero-order chi connectivity index (χ0) is 23.9. The number of carbonyl (C=O) groups is 1. The Kier molecular flexibility index (Phi) is 8.46. The number of carbonyl (C=O) groups excluding carboxylic acids is 1. The average Bonchev–Trinajstić information content (AvgIpc) is 3.29. The maximum absolute atomic E-state index is 13.0. The first-order chi connectivity index (χ1) is 16.5. The molecule has 2 aliphatic rings. The summed E-state index contributed by atoms with van der Waals surface area (Å²) >= 11 is 0. The van der Waals surface area contributed by atoms with Crippen LogP contribution >= 0.6 is 0 Å². The van der Waals surface area contributed by atoms with E-state index in [0.29, 0.717) is 13.2 Å². The molecule has 0 unspecified atom stereocenters. The van der Waals surface area contributed by atoms with Crippen molar-refractivity contribution in [2.75, 3.05) is 46.9 Å². The summed E-state index contributed by atoms with van der Waals surface area (Å²) in [6.45, 7) is 4.71. The molecule has 0 radical (unpaired) electrons. The SMILES string of the molecule is CN(C)CCCNC(=O)[C@@H]1C[C@H](COc2ccc3c(c2)CCC3)CN(Cc2ccc(O)cc2)C1. The number of benzene rings is 2. The number of nitrogens with one attached hydrogen (secondary N) is 1. The van der Waals surface area contributed by atoms with Gasteiger partial charge in [-0.2, -0.15) is 0 Å². The third kappa shape index (κ3) is 6.97. The van der Waals surface area contributed by atoms with Gasteiger partial charge < -0.3 is 20.1 Å². The number of phenols is 1. The molecule has 6 nitrogen and oxygen atoms in total. The van der Waals surface area contributed by atoms with Gasteiger partial charge in [0, 0.05) is 32.1 Å². The smallest absolute Gasteiger partial charge is 0.224 e. The van der Waals surface area contributed by atoms with E-state index in [1.807, 2.05) is 12.1 Å². The molecule has 0 bridgehead atoms. The fourth-order valence-corrected chi connectivity index (χ4v) is 5.21. The minimum absolute atomic E-state index is 0.0427. The molecule has 1 fully saturated rings. The van der Waals surface area contributed by atoms with Gasteiger partial charge in [0.05, 0.1) is 12.5 Å². The Balaban J connectivity index is 1.37. The second-order valence-electron chi connectivity index (χ2n) is 10.2. The van der Waals surface area contributed by atoms with Crippen molar-refractivity contribution in [2.45, 2.75) is 38.6 Å². The number of fused-ring (bicyclic) bond motifs is 1. The Morgan fingerprint density at radius 2 is 1.91 bits per heavy atom. The molecule has 1 aliphatic heterocycles. The Hall–Kier alpha value is -2.57. The van der Waals surface area contributed by atoms with Gasteiger partial charge in [-0.3, -0.25) is 9.69 Å². The zero-order valence-electron chi connectivity index (χ0n) is 20.6. The van der Waals surface area contributed by atoms with Crippen LogP contribution in [0, 0.1) is 11.8 Å². The van der Waals surface area contributed by atoms with Gasteiger partial charge >= 0.3 is 0 Å². The first-order valence-corrected chi connectivity index (χ1v) is 12.6. The molecule has 2 aromatic rings. The molecule has 34 heavy (non-hydrogen) atoms. The summed E-state index contributed by atoms with van der Waals surface area (Å²) in [4.78, 5) is 17.5. The van der Waals surface area contributed by atoms with Crippen molar-refractivity contribution in [3.05, 3.63) is 59.2 Å². The molecule has 4 rings (SSSR count). The second kappa shape index (κ2) is 11.7. The average molecular weight is 466 g/mol. The molecule has 1 amide bonds. The van der Waals surface area contributed by atoms with Crippen molar-refractivity contribution < 1.29 is 14.6 Å². The Labute approximate surface area is 203 Å². The van der Waals surface area contributed by atoms with Crippen molar-refractivity contribution in [2.24, 2.45) is 11.8 Å². The topological polar surface area (TPSA) is 65.0 Å². The first kappa shape index (κ1) is 24.6. The summed E-state index contributed by atoms with van der Waals surface area (Å²) in [5, 5.41) is 12.8. The van der Waals surface area contributed by atoms with Crippen molar-refractivity contribution in [1.82, 2.24) is 15.1 Å². The highest BCUT2D eigenvalue weighted by molar-refractivity contribution is 5.79. The number of aromatic hydroxyl groups is 1. The van der Waals surface area contributed by atoms with Gasteiger partial charge in [0.15, 0.2) is 0 Å². The fourth-order valence-electron chi connectivity index (χ4n) is 5.21. The number of likely N-dealkylation sites (tertiary alicyclic amines) is 1. The molecule has 6 heteroatoms. The summed E-state index contributed by atoms with van der Waals surface area (Å²) in [6.07, 6.45) is 5.35. The molecular weight excluding hydrogens is 426 g/mol. The van der Waals surface area contributed by atoms with Gasteiger partial charge in [-0.05, 0) is 93.7 Å². The molecule has 184 valence electrons. The number of phenolic OH excluding ortho intramolecular Hbond substituents is 1. The molecule has 1 heterocycles. The maximum Gasteiger partial charge on any atom is 0.224 e. The van der Waals surface area contributed by atoms with E-state index in [1.165, 1.54) is 24.0 Å². The predicted molar refractivity (Wildman–Crippen MR) is 135 cm³/mol. The van der Waals surface area contributed by atoms with E-state index in [9.17, 15) is 9.90 Å². The van der Waals surface area contributed by atoms with E-state index in [-0.39, 0.29) is 23.5 Å². The van der Waals surface area contributed by atoms with Gasteiger partial charge in [0.2, 0.25) is 5.91 Å². The van der Waals surface area contributed by atoms with E-state index in [4.69, 9.17) is 4.74 Å². The van der Waals surface area contributed by atoms with E-state index < -0.39 is 0 Å². The summed E-state index contributed by atoms with van der Waals surface area (Å²) in [5.41, 5.74) is 4.02. The van der Waals surface area contributed by atoms with Crippen LogP contribution in [0.3, 0.4) is 0 Å². The monoisotopic (exact) mass is 465 g/mol. The molecule has 1 aliphatic carbocycles. The summed E-state index contributed by atoms with van der Waals surface area (Å²) in [5.74, 6) is 1.62. The molecule has 0 saturated carbocycles. The van der Waals surface area contributed by atoms with Crippen LogP contribution in [-0.4, -0.2) is 67.7 Å². The minimum atomic E-state index is -0.0427. The van der Waals surface area contributed by atoms with E-state index in [0.717, 1.165) is 56.8 Å². The number of hydrogen-bond donors (Lipinski definition) is 2. The number of rotatable bonds is 10. The molecule has 2 atom stereocenters. The summed E-state index contributed by atoms with van der Waals surface area (Å²) in [7, 11) is 4.10. The lowest BCUT2D eigenvalue weighted by Gasteiger charge is -2.37. The van der Waals surface area contributed by atoms with Crippen LogP contribution in [0.2, 0.25) is 0 Å². The normalized spacial score (nSPS) is 20.3. The van der Waals surface area contributed by atoms with Crippen LogP contribution in [0.5, 0.6) is 11.5 Å². The number of piperidine rings is 1. The lowest BCUT2D eigenvalue weighted by molar-refractivity contribution is -0.127.